The quantitative estimate of drug-likeness (QED) is 0.815. The molecule has 0 aliphatic rings. The molecule has 0 saturated carbocycles. The number of anilines is 1. The third-order valence-electron chi connectivity index (χ3n) is 2.21. The van der Waals surface area contributed by atoms with Gasteiger partial charge in [-0.1, -0.05) is 11.6 Å². The number of hydrogen-bond donors (Lipinski definition) is 2. The van der Waals surface area contributed by atoms with Crippen molar-refractivity contribution >= 4 is 29.1 Å². The summed E-state index contributed by atoms with van der Waals surface area (Å²) in [6.07, 6.45) is -0.242. The van der Waals surface area contributed by atoms with Crippen LogP contribution in [0.2, 0.25) is 5.02 Å². The van der Waals surface area contributed by atoms with E-state index in [9.17, 15) is 9.59 Å². The highest BCUT2D eigenvalue weighted by Crippen LogP contribution is 2.27. The number of hydrogen-bond acceptors (Lipinski definition) is 3. The predicted octanol–water partition coefficient (Wildman–Crippen LogP) is 2.20. The highest BCUT2D eigenvalue weighted by molar-refractivity contribution is 6.31. The maximum absolute atomic E-state index is 11.7. The van der Waals surface area contributed by atoms with Gasteiger partial charge in [-0.15, -0.1) is 0 Å². The van der Waals surface area contributed by atoms with E-state index in [-0.39, 0.29) is 18.4 Å². The summed E-state index contributed by atoms with van der Waals surface area (Å²) >= 11 is 5.85. The Labute approximate surface area is 117 Å². The SMILES string of the molecule is COc1ccc(Cl)cc1NC(=O)CC(=O)NC(C)C. The maximum atomic E-state index is 11.7. The van der Waals surface area contributed by atoms with E-state index in [0.29, 0.717) is 16.5 Å². The van der Waals surface area contributed by atoms with Crippen molar-refractivity contribution in [2.45, 2.75) is 26.3 Å². The van der Waals surface area contributed by atoms with Gasteiger partial charge in [0.25, 0.3) is 0 Å². The van der Waals surface area contributed by atoms with Crippen LogP contribution in [0.15, 0.2) is 18.2 Å². The van der Waals surface area contributed by atoms with Crippen LogP contribution in [0.5, 0.6) is 5.75 Å². The number of nitrogens with one attached hydrogen (secondary N) is 2. The lowest BCUT2D eigenvalue weighted by Gasteiger charge is -2.11. The second kappa shape index (κ2) is 6.99. The van der Waals surface area contributed by atoms with Crippen molar-refractivity contribution < 1.29 is 14.3 Å². The Morgan fingerprint density at radius 3 is 2.58 bits per heavy atom. The Kier molecular flexibility index (Phi) is 5.63. The summed E-state index contributed by atoms with van der Waals surface area (Å²) in [6.45, 7) is 3.66. The van der Waals surface area contributed by atoms with Crippen LogP contribution in [0.4, 0.5) is 5.69 Å². The Morgan fingerprint density at radius 1 is 1.32 bits per heavy atom. The molecule has 0 heterocycles. The first kappa shape index (κ1) is 15.3. The van der Waals surface area contributed by atoms with Crippen LogP contribution in [0.1, 0.15) is 20.3 Å². The fraction of sp³-hybridized carbons (Fsp3) is 0.385. The van der Waals surface area contributed by atoms with Crippen LogP contribution in [-0.2, 0) is 9.59 Å². The molecule has 19 heavy (non-hydrogen) atoms. The Balaban J connectivity index is 2.66. The minimum Gasteiger partial charge on any atom is -0.495 e. The zero-order valence-electron chi connectivity index (χ0n) is 11.1. The van der Waals surface area contributed by atoms with Gasteiger partial charge in [-0.25, -0.2) is 0 Å². The molecule has 0 spiro atoms. The highest BCUT2D eigenvalue weighted by Gasteiger charge is 2.13. The van der Waals surface area contributed by atoms with Crippen molar-refractivity contribution in [1.29, 1.82) is 0 Å². The van der Waals surface area contributed by atoms with Crippen LogP contribution in [0.25, 0.3) is 0 Å². The molecule has 0 radical (unpaired) electrons. The molecule has 104 valence electrons. The van der Waals surface area contributed by atoms with E-state index in [2.05, 4.69) is 10.6 Å². The molecule has 2 N–H and O–H groups in total. The van der Waals surface area contributed by atoms with Crippen LogP contribution in [0.3, 0.4) is 0 Å². The Hall–Kier alpha value is -1.75. The van der Waals surface area contributed by atoms with Crippen molar-refractivity contribution in [2.24, 2.45) is 0 Å². The molecular formula is C13H17ClN2O3. The number of rotatable bonds is 5. The van der Waals surface area contributed by atoms with Crippen molar-refractivity contribution in [3.63, 3.8) is 0 Å². The zero-order valence-corrected chi connectivity index (χ0v) is 11.9. The number of ether oxygens (including phenoxy) is 1. The fourth-order valence-electron chi connectivity index (χ4n) is 1.49. The summed E-state index contributed by atoms with van der Waals surface area (Å²) in [5, 5.41) is 5.71. The summed E-state index contributed by atoms with van der Waals surface area (Å²) in [5.74, 6) is -0.255. The van der Waals surface area contributed by atoms with Crippen molar-refractivity contribution in [1.82, 2.24) is 5.32 Å². The van der Waals surface area contributed by atoms with Gasteiger partial charge >= 0.3 is 0 Å². The van der Waals surface area contributed by atoms with Gasteiger partial charge in [-0.2, -0.15) is 0 Å². The number of methoxy groups -OCH3 is 1. The van der Waals surface area contributed by atoms with Crippen molar-refractivity contribution in [3.05, 3.63) is 23.2 Å². The maximum Gasteiger partial charge on any atom is 0.233 e. The molecule has 5 nitrogen and oxygen atoms in total. The largest absolute Gasteiger partial charge is 0.495 e. The molecule has 0 unspecified atom stereocenters. The molecule has 0 fully saturated rings. The van der Waals surface area contributed by atoms with E-state index in [4.69, 9.17) is 16.3 Å². The van der Waals surface area contributed by atoms with Gasteiger partial charge < -0.3 is 15.4 Å². The van der Waals surface area contributed by atoms with Crippen LogP contribution in [-0.4, -0.2) is 25.0 Å². The van der Waals surface area contributed by atoms with Gasteiger partial charge in [-0.3, -0.25) is 9.59 Å². The second-order valence-electron chi connectivity index (χ2n) is 4.29. The third kappa shape index (κ3) is 5.18. The second-order valence-corrected chi connectivity index (χ2v) is 4.73. The third-order valence-corrected chi connectivity index (χ3v) is 2.44. The number of amides is 2. The molecule has 1 aromatic rings. The number of halogens is 1. The van der Waals surface area contributed by atoms with Crippen molar-refractivity contribution in [3.8, 4) is 5.75 Å². The molecule has 0 aliphatic carbocycles. The predicted molar refractivity (Wildman–Crippen MR) is 74.5 cm³/mol. The molecule has 0 atom stereocenters. The minimum atomic E-state index is -0.418. The van der Waals surface area contributed by atoms with Gasteiger partial charge in [0.15, 0.2) is 0 Å². The molecular weight excluding hydrogens is 268 g/mol. The van der Waals surface area contributed by atoms with Gasteiger partial charge in [0.05, 0.1) is 12.8 Å². The number of benzene rings is 1. The van der Waals surface area contributed by atoms with Crippen molar-refractivity contribution in [2.75, 3.05) is 12.4 Å². The van der Waals surface area contributed by atoms with Crippen LogP contribution >= 0.6 is 11.6 Å². The molecule has 0 saturated heterocycles. The Bertz CT molecular complexity index is 475. The summed E-state index contributed by atoms with van der Waals surface area (Å²) in [7, 11) is 1.49. The summed E-state index contributed by atoms with van der Waals surface area (Å²) in [5.41, 5.74) is 0.442. The molecule has 0 bridgehead atoms. The molecule has 0 aromatic heterocycles. The van der Waals surface area contributed by atoms with Crippen LogP contribution < -0.4 is 15.4 Å². The van der Waals surface area contributed by atoms with E-state index in [1.54, 1.807) is 18.2 Å². The summed E-state index contributed by atoms with van der Waals surface area (Å²) in [6, 6.07) is 4.87. The smallest absolute Gasteiger partial charge is 0.233 e. The van der Waals surface area contributed by atoms with Crippen LogP contribution in [0, 0.1) is 0 Å². The van der Waals surface area contributed by atoms with Gasteiger partial charge in [0.2, 0.25) is 11.8 Å². The first-order valence-electron chi connectivity index (χ1n) is 5.85. The monoisotopic (exact) mass is 284 g/mol. The average molecular weight is 285 g/mol. The normalized spacial score (nSPS) is 10.2. The average Bonchev–Trinajstić information content (AvgIpc) is 2.27. The molecule has 1 rings (SSSR count). The number of carbonyl (C=O) groups is 2. The molecule has 1 aromatic carbocycles. The topological polar surface area (TPSA) is 67.4 Å². The van der Waals surface area contributed by atoms with Gasteiger partial charge in [0, 0.05) is 11.1 Å². The lowest BCUT2D eigenvalue weighted by atomic mass is 10.2. The first-order chi connectivity index (χ1) is 8.92. The fourth-order valence-corrected chi connectivity index (χ4v) is 1.66. The van der Waals surface area contributed by atoms with Gasteiger partial charge in [0.1, 0.15) is 12.2 Å². The molecule has 2 amide bonds. The van der Waals surface area contributed by atoms with E-state index in [0.717, 1.165) is 0 Å². The highest BCUT2D eigenvalue weighted by atomic mass is 35.5. The van der Waals surface area contributed by atoms with E-state index >= 15 is 0 Å². The van der Waals surface area contributed by atoms with E-state index in [1.165, 1.54) is 7.11 Å². The minimum absolute atomic E-state index is 0.000931. The standard InChI is InChI=1S/C13H17ClN2O3/c1-8(2)15-12(17)7-13(18)16-10-6-9(14)4-5-11(10)19-3/h4-6,8H,7H2,1-3H3,(H,15,17)(H,16,18). The molecule has 6 heteroatoms. The Morgan fingerprint density at radius 2 is 2.00 bits per heavy atom. The summed E-state index contributed by atoms with van der Waals surface area (Å²) < 4.78 is 5.10. The zero-order chi connectivity index (χ0) is 14.4. The van der Waals surface area contributed by atoms with E-state index < -0.39 is 5.91 Å². The van der Waals surface area contributed by atoms with E-state index in [1.807, 2.05) is 13.8 Å². The number of carbonyl (C=O) groups excluding carboxylic acids is 2. The summed E-state index contributed by atoms with van der Waals surface area (Å²) in [4.78, 5) is 23.2. The first-order valence-corrected chi connectivity index (χ1v) is 6.23. The lowest BCUT2D eigenvalue weighted by molar-refractivity contribution is -0.127. The lowest BCUT2D eigenvalue weighted by Crippen LogP contribution is -2.33. The van der Waals surface area contributed by atoms with Gasteiger partial charge in [-0.05, 0) is 32.0 Å². The molecule has 0 aliphatic heterocycles.